The number of nitrogens with one attached hydrogen (secondary N) is 3. The van der Waals surface area contributed by atoms with Gasteiger partial charge < -0.3 is 20.5 Å². The summed E-state index contributed by atoms with van der Waals surface area (Å²) in [4.78, 5) is 29.6. The lowest BCUT2D eigenvalue weighted by atomic mass is 10.1. The third-order valence-electron chi connectivity index (χ3n) is 4.30. The maximum Gasteiger partial charge on any atom is 0.251 e. The van der Waals surface area contributed by atoms with Gasteiger partial charge in [0.05, 0.1) is 6.42 Å². The number of rotatable bonds is 7. The molecule has 0 saturated carbocycles. The largest absolute Gasteiger partial charge is 0.361 e. The van der Waals surface area contributed by atoms with Crippen LogP contribution in [-0.4, -0.2) is 48.9 Å². The molecule has 0 spiro atoms. The molecule has 140 valence electrons. The first kappa shape index (κ1) is 18.7. The van der Waals surface area contributed by atoms with Crippen molar-refractivity contribution in [2.75, 3.05) is 32.5 Å². The number of amides is 2. The second-order valence-electron chi connectivity index (χ2n) is 6.72. The molecule has 3 aromatic rings. The summed E-state index contributed by atoms with van der Waals surface area (Å²) in [6, 6.07) is 14.8. The van der Waals surface area contributed by atoms with E-state index in [-0.39, 0.29) is 18.2 Å². The number of likely N-dealkylation sites (N-methyl/N-ethyl adjacent to an activating group) is 1. The molecule has 0 aliphatic heterocycles. The second kappa shape index (κ2) is 8.51. The van der Waals surface area contributed by atoms with E-state index >= 15 is 0 Å². The molecular formula is C21H24N4O2. The van der Waals surface area contributed by atoms with E-state index in [1.54, 1.807) is 24.3 Å². The van der Waals surface area contributed by atoms with Gasteiger partial charge in [0, 0.05) is 41.4 Å². The number of para-hydroxylation sites is 1. The highest BCUT2D eigenvalue weighted by Crippen LogP contribution is 2.19. The minimum absolute atomic E-state index is 0.0945. The highest BCUT2D eigenvalue weighted by Gasteiger charge is 2.10. The minimum Gasteiger partial charge on any atom is -0.361 e. The zero-order valence-electron chi connectivity index (χ0n) is 15.6. The number of carbonyl (C=O) groups excluding carboxylic acids is 2. The van der Waals surface area contributed by atoms with Gasteiger partial charge in [-0.15, -0.1) is 0 Å². The number of hydrogen-bond acceptors (Lipinski definition) is 3. The van der Waals surface area contributed by atoms with Crippen molar-refractivity contribution in [3.63, 3.8) is 0 Å². The lowest BCUT2D eigenvalue weighted by molar-refractivity contribution is -0.115. The molecule has 2 aromatic carbocycles. The molecule has 1 aromatic heterocycles. The molecule has 3 rings (SSSR count). The molecule has 0 unspecified atom stereocenters. The van der Waals surface area contributed by atoms with Crippen LogP contribution in [-0.2, 0) is 11.2 Å². The first-order valence-electron chi connectivity index (χ1n) is 8.91. The van der Waals surface area contributed by atoms with E-state index in [2.05, 4.69) is 15.6 Å². The average Bonchev–Trinajstić information content (AvgIpc) is 3.05. The number of nitrogens with zero attached hydrogens (tertiary/aromatic N) is 1. The fourth-order valence-corrected chi connectivity index (χ4v) is 2.86. The molecule has 0 bridgehead atoms. The Morgan fingerprint density at radius 2 is 1.78 bits per heavy atom. The van der Waals surface area contributed by atoms with Gasteiger partial charge in [-0.3, -0.25) is 9.59 Å². The Balaban J connectivity index is 1.56. The van der Waals surface area contributed by atoms with E-state index in [1.807, 2.05) is 49.5 Å². The zero-order chi connectivity index (χ0) is 19.2. The van der Waals surface area contributed by atoms with Gasteiger partial charge in [-0.1, -0.05) is 18.2 Å². The molecule has 6 heteroatoms. The summed E-state index contributed by atoms with van der Waals surface area (Å²) in [6.07, 6.45) is 2.15. The maximum absolute atomic E-state index is 12.3. The van der Waals surface area contributed by atoms with Crippen LogP contribution in [0.25, 0.3) is 10.9 Å². The maximum atomic E-state index is 12.3. The van der Waals surface area contributed by atoms with Gasteiger partial charge in [0.25, 0.3) is 5.91 Å². The van der Waals surface area contributed by atoms with E-state index < -0.39 is 0 Å². The summed E-state index contributed by atoms with van der Waals surface area (Å²) < 4.78 is 0. The van der Waals surface area contributed by atoms with Crippen molar-refractivity contribution in [3.8, 4) is 0 Å². The van der Waals surface area contributed by atoms with Crippen molar-refractivity contribution in [3.05, 3.63) is 65.9 Å². The third-order valence-corrected chi connectivity index (χ3v) is 4.30. The Hall–Kier alpha value is -3.12. The fourth-order valence-electron chi connectivity index (χ4n) is 2.86. The van der Waals surface area contributed by atoms with Crippen LogP contribution in [0.4, 0.5) is 5.69 Å². The van der Waals surface area contributed by atoms with Crippen LogP contribution < -0.4 is 10.6 Å². The molecule has 27 heavy (non-hydrogen) atoms. The van der Waals surface area contributed by atoms with Gasteiger partial charge in [-0.05, 0) is 50.0 Å². The van der Waals surface area contributed by atoms with E-state index in [9.17, 15) is 9.59 Å². The van der Waals surface area contributed by atoms with Crippen molar-refractivity contribution in [1.29, 1.82) is 0 Å². The Labute approximate surface area is 158 Å². The van der Waals surface area contributed by atoms with Crippen LogP contribution in [0, 0.1) is 0 Å². The van der Waals surface area contributed by atoms with Gasteiger partial charge >= 0.3 is 0 Å². The number of fused-ring (bicyclic) bond motifs is 1. The Morgan fingerprint density at radius 3 is 2.52 bits per heavy atom. The van der Waals surface area contributed by atoms with E-state index in [4.69, 9.17) is 0 Å². The smallest absolute Gasteiger partial charge is 0.251 e. The van der Waals surface area contributed by atoms with Crippen LogP contribution in [0.1, 0.15) is 15.9 Å². The van der Waals surface area contributed by atoms with Crippen LogP contribution in [0.2, 0.25) is 0 Å². The Kier molecular flexibility index (Phi) is 5.88. The summed E-state index contributed by atoms with van der Waals surface area (Å²) in [7, 11) is 3.92. The van der Waals surface area contributed by atoms with E-state index in [0.29, 0.717) is 17.8 Å². The number of benzene rings is 2. The van der Waals surface area contributed by atoms with Gasteiger partial charge in [-0.25, -0.2) is 0 Å². The van der Waals surface area contributed by atoms with Gasteiger partial charge in [0.1, 0.15) is 0 Å². The predicted octanol–water partition coefficient (Wildman–Crippen LogP) is 2.64. The van der Waals surface area contributed by atoms with E-state index in [1.165, 1.54) is 0 Å². The van der Waals surface area contributed by atoms with Crippen molar-refractivity contribution in [2.24, 2.45) is 0 Å². The highest BCUT2D eigenvalue weighted by atomic mass is 16.2. The number of aromatic nitrogens is 1. The Morgan fingerprint density at radius 1 is 1.04 bits per heavy atom. The summed E-state index contributed by atoms with van der Waals surface area (Å²) >= 11 is 0. The number of H-pyrrole nitrogens is 1. The van der Waals surface area contributed by atoms with Crippen LogP contribution >= 0.6 is 0 Å². The molecule has 3 N–H and O–H groups in total. The normalized spacial score (nSPS) is 10.9. The first-order chi connectivity index (χ1) is 13.0. The van der Waals surface area contributed by atoms with Gasteiger partial charge in [-0.2, -0.15) is 0 Å². The third kappa shape index (κ3) is 4.95. The van der Waals surface area contributed by atoms with Crippen LogP contribution in [0.15, 0.2) is 54.7 Å². The fraction of sp³-hybridized carbons (Fsp3) is 0.238. The second-order valence-corrected chi connectivity index (χ2v) is 6.72. The number of carbonyl (C=O) groups is 2. The van der Waals surface area contributed by atoms with Crippen LogP contribution in [0.3, 0.4) is 0 Å². The molecule has 1 heterocycles. The number of anilines is 1. The van der Waals surface area contributed by atoms with Gasteiger partial charge in [0.2, 0.25) is 5.91 Å². The predicted molar refractivity (Wildman–Crippen MR) is 108 cm³/mol. The molecular weight excluding hydrogens is 340 g/mol. The number of hydrogen-bond donors (Lipinski definition) is 3. The average molecular weight is 364 g/mol. The Bertz CT molecular complexity index is 929. The van der Waals surface area contributed by atoms with Gasteiger partial charge in [0.15, 0.2) is 0 Å². The van der Waals surface area contributed by atoms with Crippen molar-refractivity contribution >= 4 is 28.4 Å². The molecule has 0 saturated heterocycles. The molecule has 0 radical (unpaired) electrons. The minimum atomic E-state index is -0.117. The highest BCUT2D eigenvalue weighted by molar-refractivity contribution is 5.97. The molecule has 6 nitrogen and oxygen atoms in total. The molecule has 0 aliphatic rings. The SMILES string of the molecule is CN(C)CCNC(=O)c1ccc(NC(=O)Cc2c[nH]c3ccccc23)cc1. The molecule has 2 amide bonds. The van der Waals surface area contributed by atoms with E-state index in [0.717, 1.165) is 23.0 Å². The summed E-state index contributed by atoms with van der Waals surface area (Å²) in [6.45, 7) is 1.38. The standard InChI is InChI=1S/C21H24N4O2/c1-25(2)12-11-22-21(27)15-7-9-17(10-8-15)24-20(26)13-16-14-23-19-6-4-3-5-18(16)19/h3-10,14,23H,11-13H2,1-2H3,(H,22,27)(H,24,26). The van der Waals surface area contributed by atoms with Crippen molar-refractivity contribution < 1.29 is 9.59 Å². The zero-order valence-corrected chi connectivity index (χ0v) is 15.6. The molecule has 0 aliphatic carbocycles. The van der Waals surface area contributed by atoms with Crippen LogP contribution in [0.5, 0.6) is 0 Å². The molecule has 0 atom stereocenters. The monoisotopic (exact) mass is 364 g/mol. The topological polar surface area (TPSA) is 77.2 Å². The quantitative estimate of drug-likeness (QED) is 0.603. The lowest BCUT2D eigenvalue weighted by Crippen LogP contribution is -2.31. The van der Waals surface area contributed by atoms with Crippen molar-refractivity contribution in [2.45, 2.75) is 6.42 Å². The lowest BCUT2D eigenvalue weighted by Gasteiger charge is -2.11. The number of aromatic amines is 1. The summed E-state index contributed by atoms with van der Waals surface area (Å²) in [5.41, 5.74) is 3.22. The van der Waals surface area contributed by atoms with Crippen molar-refractivity contribution in [1.82, 2.24) is 15.2 Å². The first-order valence-corrected chi connectivity index (χ1v) is 8.91. The summed E-state index contributed by atoms with van der Waals surface area (Å²) in [5.74, 6) is -0.212. The molecule has 0 fully saturated rings. The summed E-state index contributed by atoms with van der Waals surface area (Å²) in [5, 5.41) is 6.80.